The number of carbonyl (C=O) groups is 1. The van der Waals surface area contributed by atoms with Gasteiger partial charge in [-0.05, 0) is 11.6 Å². The Morgan fingerprint density at radius 1 is 1.35 bits per heavy atom. The van der Waals surface area contributed by atoms with Crippen LogP contribution in [0.4, 0.5) is 5.82 Å². The Morgan fingerprint density at radius 2 is 2.18 bits per heavy atom. The van der Waals surface area contributed by atoms with Crippen LogP contribution < -0.4 is 5.32 Å². The minimum Gasteiger partial charge on any atom is -0.311 e. The van der Waals surface area contributed by atoms with Crippen molar-refractivity contribution in [3.8, 4) is 0 Å². The molecule has 3 rings (SSSR count). The highest BCUT2D eigenvalue weighted by Gasteiger charge is 2.27. The van der Waals surface area contributed by atoms with Gasteiger partial charge in [0.05, 0.1) is 18.7 Å². The molecule has 2 aromatic rings. The second-order valence-electron chi connectivity index (χ2n) is 3.95. The van der Waals surface area contributed by atoms with Crippen molar-refractivity contribution in [2.75, 3.05) is 5.32 Å². The van der Waals surface area contributed by atoms with Crippen molar-refractivity contribution >= 4 is 27.7 Å². The van der Waals surface area contributed by atoms with Gasteiger partial charge >= 0.3 is 0 Å². The number of benzene rings is 1. The fourth-order valence-corrected chi connectivity index (χ4v) is 2.65. The molecule has 1 atom stereocenters. The van der Waals surface area contributed by atoms with E-state index in [9.17, 15) is 4.79 Å². The van der Waals surface area contributed by atoms with Gasteiger partial charge in [0.2, 0.25) is 5.91 Å². The molecular formula is C12H10BrN3O. The van der Waals surface area contributed by atoms with Gasteiger partial charge in [0.1, 0.15) is 5.82 Å². The molecule has 86 valence electrons. The maximum Gasteiger partial charge on any atom is 0.228 e. The van der Waals surface area contributed by atoms with Crippen LogP contribution >= 0.6 is 15.9 Å². The average Bonchev–Trinajstić information content (AvgIpc) is 2.76. The minimum atomic E-state index is -0.0377. The highest BCUT2D eigenvalue weighted by Crippen LogP contribution is 2.33. The number of halogens is 1. The van der Waals surface area contributed by atoms with E-state index in [1.807, 2.05) is 28.9 Å². The molecule has 0 saturated heterocycles. The molecule has 2 heterocycles. The summed E-state index contributed by atoms with van der Waals surface area (Å²) in [5, 5.41) is 7.08. The van der Waals surface area contributed by atoms with Gasteiger partial charge in [-0.2, -0.15) is 5.10 Å². The summed E-state index contributed by atoms with van der Waals surface area (Å²) in [5.74, 6) is 0.778. The van der Waals surface area contributed by atoms with Crippen molar-refractivity contribution in [2.45, 2.75) is 12.5 Å². The van der Waals surface area contributed by atoms with Crippen molar-refractivity contribution < 1.29 is 4.79 Å². The molecule has 0 bridgehead atoms. The zero-order valence-electron chi connectivity index (χ0n) is 8.93. The molecule has 0 radical (unpaired) electrons. The van der Waals surface area contributed by atoms with Gasteiger partial charge in [-0.3, -0.25) is 4.79 Å². The number of hydrogen-bond acceptors (Lipinski definition) is 2. The van der Waals surface area contributed by atoms with Crippen molar-refractivity contribution in [2.24, 2.45) is 0 Å². The first kappa shape index (κ1) is 10.5. The van der Waals surface area contributed by atoms with Crippen LogP contribution in [-0.4, -0.2) is 15.7 Å². The van der Waals surface area contributed by atoms with Crippen molar-refractivity contribution in [1.82, 2.24) is 9.78 Å². The molecule has 1 aliphatic rings. The maximum absolute atomic E-state index is 11.7. The molecule has 1 aliphatic heterocycles. The third kappa shape index (κ3) is 1.76. The minimum absolute atomic E-state index is 0.0266. The molecule has 1 amide bonds. The van der Waals surface area contributed by atoms with Gasteiger partial charge in [-0.25, -0.2) is 4.68 Å². The number of nitrogens with zero attached hydrogens (tertiary/aromatic N) is 2. The highest BCUT2D eigenvalue weighted by atomic mass is 79.9. The van der Waals surface area contributed by atoms with Crippen LogP contribution in [0.2, 0.25) is 0 Å². The van der Waals surface area contributed by atoms with E-state index in [0.29, 0.717) is 6.42 Å². The Labute approximate surface area is 107 Å². The van der Waals surface area contributed by atoms with E-state index in [1.165, 1.54) is 0 Å². The van der Waals surface area contributed by atoms with Crippen LogP contribution in [0.5, 0.6) is 0 Å². The normalized spacial score (nSPS) is 18.6. The van der Waals surface area contributed by atoms with Gasteiger partial charge in [0, 0.05) is 10.5 Å². The van der Waals surface area contributed by atoms with E-state index in [1.54, 1.807) is 12.3 Å². The smallest absolute Gasteiger partial charge is 0.228 e. The summed E-state index contributed by atoms with van der Waals surface area (Å²) in [6.07, 6.45) is 2.11. The zero-order valence-corrected chi connectivity index (χ0v) is 10.5. The van der Waals surface area contributed by atoms with E-state index in [-0.39, 0.29) is 11.9 Å². The summed E-state index contributed by atoms with van der Waals surface area (Å²) >= 11 is 3.52. The first-order valence-electron chi connectivity index (χ1n) is 5.33. The van der Waals surface area contributed by atoms with E-state index in [0.717, 1.165) is 15.9 Å². The fraction of sp³-hybridized carbons (Fsp3) is 0.167. The number of rotatable bonds is 1. The Morgan fingerprint density at radius 3 is 3.00 bits per heavy atom. The summed E-state index contributed by atoms with van der Waals surface area (Å²) in [4.78, 5) is 11.7. The molecule has 0 fully saturated rings. The summed E-state index contributed by atoms with van der Waals surface area (Å²) in [7, 11) is 0. The summed E-state index contributed by atoms with van der Waals surface area (Å²) in [6, 6.07) is 9.69. The number of anilines is 1. The molecule has 5 heteroatoms. The lowest BCUT2D eigenvalue weighted by molar-refractivity contribution is -0.117. The van der Waals surface area contributed by atoms with E-state index in [4.69, 9.17) is 0 Å². The van der Waals surface area contributed by atoms with Gasteiger partial charge in [0.15, 0.2) is 0 Å². The van der Waals surface area contributed by atoms with Gasteiger partial charge < -0.3 is 5.32 Å². The average molecular weight is 292 g/mol. The van der Waals surface area contributed by atoms with E-state index >= 15 is 0 Å². The lowest BCUT2D eigenvalue weighted by Crippen LogP contribution is -2.28. The van der Waals surface area contributed by atoms with Crippen LogP contribution in [0.25, 0.3) is 0 Å². The molecule has 0 aliphatic carbocycles. The zero-order chi connectivity index (χ0) is 11.8. The van der Waals surface area contributed by atoms with Crippen molar-refractivity contribution in [3.63, 3.8) is 0 Å². The predicted octanol–water partition coefficient (Wildman–Crippen LogP) is 2.58. The Kier molecular flexibility index (Phi) is 2.48. The van der Waals surface area contributed by atoms with E-state index < -0.39 is 0 Å². The van der Waals surface area contributed by atoms with Crippen LogP contribution in [0.3, 0.4) is 0 Å². The second kappa shape index (κ2) is 4.00. The fourth-order valence-electron chi connectivity index (χ4n) is 2.10. The molecule has 1 aromatic carbocycles. The molecule has 1 unspecified atom stereocenters. The summed E-state index contributed by atoms with van der Waals surface area (Å²) in [5.41, 5.74) is 1.08. The molecule has 1 aromatic heterocycles. The SMILES string of the molecule is O=C1CC(c2ccccc2Br)n2nccc2N1. The first-order chi connectivity index (χ1) is 8.25. The van der Waals surface area contributed by atoms with Crippen LogP contribution in [0.1, 0.15) is 18.0 Å². The Bertz CT molecular complexity index is 579. The second-order valence-corrected chi connectivity index (χ2v) is 4.80. The quantitative estimate of drug-likeness (QED) is 0.878. The third-order valence-electron chi connectivity index (χ3n) is 2.88. The first-order valence-corrected chi connectivity index (χ1v) is 6.13. The number of carbonyl (C=O) groups excluding carboxylic acids is 1. The molecule has 1 N–H and O–H groups in total. The maximum atomic E-state index is 11.7. The standard InChI is InChI=1S/C12H10BrN3O/c13-9-4-2-1-3-8(9)10-7-12(17)15-11-5-6-14-16(10)11/h1-6,10H,7H2,(H,15,17). The van der Waals surface area contributed by atoms with Gasteiger partial charge in [-0.1, -0.05) is 34.1 Å². The number of nitrogens with one attached hydrogen (secondary N) is 1. The van der Waals surface area contributed by atoms with Crippen LogP contribution in [-0.2, 0) is 4.79 Å². The monoisotopic (exact) mass is 291 g/mol. The Hall–Kier alpha value is -1.62. The molecule has 0 spiro atoms. The molecular weight excluding hydrogens is 282 g/mol. The predicted molar refractivity (Wildman–Crippen MR) is 67.8 cm³/mol. The number of amides is 1. The van der Waals surface area contributed by atoms with Crippen molar-refractivity contribution in [1.29, 1.82) is 0 Å². The summed E-state index contributed by atoms with van der Waals surface area (Å²) < 4.78 is 2.85. The van der Waals surface area contributed by atoms with Gasteiger partial charge in [0.25, 0.3) is 0 Å². The lowest BCUT2D eigenvalue weighted by Gasteiger charge is -2.25. The molecule has 17 heavy (non-hydrogen) atoms. The number of hydrogen-bond donors (Lipinski definition) is 1. The van der Waals surface area contributed by atoms with Gasteiger partial charge in [-0.15, -0.1) is 0 Å². The Balaban J connectivity index is 2.11. The van der Waals surface area contributed by atoms with E-state index in [2.05, 4.69) is 26.3 Å². The molecule has 4 nitrogen and oxygen atoms in total. The summed E-state index contributed by atoms with van der Waals surface area (Å²) in [6.45, 7) is 0. The van der Waals surface area contributed by atoms with Crippen LogP contribution in [0.15, 0.2) is 41.0 Å². The lowest BCUT2D eigenvalue weighted by atomic mass is 10.0. The number of fused-ring (bicyclic) bond motifs is 1. The van der Waals surface area contributed by atoms with Crippen LogP contribution in [0, 0.1) is 0 Å². The van der Waals surface area contributed by atoms with Crippen molar-refractivity contribution in [3.05, 3.63) is 46.6 Å². The third-order valence-corrected chi connectivity index (χ3v) is 3.60. The largest absolute Gasteiger partial charge is 0.311 e. The topological polar surface area (TPSA) is 46.9 Å². The number of aromatic nitrogens is 2. The highest BCUT2D eigenvalue weighted by molar-refractivity contribution is 9.10. The molecule has 0 saturated carbocycles.